The lowest BCUT2D eigenvalue weighted by Crippen LogP contribution is -2.43. The molecule has 1 unspecified atom stereocenters. The summed E-state index contributed by atoms with van der Waals surface area (Å²) in [6, 6.07) is 8.36. The monoisotopic (exact) mass is 263 g/mol. The molecule has 4 nitrogen and oxygen atoms in total. The molecule has 0 heterocycles. The van der Waals surface area contributed by atoms with E-state index in [0.717, 1.165) is 0 Å². The van der Waals surface area contributed by atoms with Gasteiger partial charge in [-0.1, -0.05) is 30.3 Å². The van der Waals surface area contributed by atoms with Crippen LogP contribution in [0.1, 0.15) is 38.1 Å². The van der Waals surface area contributed by atoms with Gasteiger partial charge >= 0.3 is 6.09 Å². The van der Waals surface area contributed by atoms with Crippen molar-refractivity contribution in [2.75, 3.05) is 7.05 Å². The van der Waals surface area contributed by atoms with Crippen LogP contribution in [0.15, 0.2) is 30.3 Å². The Bertz CT molecular complexity index is 448. The molecule has 104 valence electrons. The summed E-state index contributed by atoms with van der Waals surface area (Å²) in [4.78, 5) is 25.4. The number of carbonyl (C=O) groups excluding carboxylic acids is 2. The molecule has 0 radical (unpaired) electrons. The van der Waals surface area contributed by atoms with Crippen LogP contribution in [-0.4, -0.2) is 35.5 Å². The Hall–Kier alpha value is -1.84. The van der Waals surface area contributed by atoms with Crippen LogP contribution in [-0.2, 0) is 4.74 Å². The number of amides is 1. The van der Waals surface area contributed by atoms with E-state index >= 15 is 0 Å². The zero-order valence-corrected chi connectivity index (χ0v) is 12.1. The van der Waals surface area contributed by atoms with Crippen molar-refractivity contribution in [2.45, 2.75) is 39.3 Å². The van der Waals surface area contributed by atoms with Gasteiger partial charge < -0.3 is 9.64 Å². The van der Waals surface area contributed by atoms with Crippen LogP contribution >= 0.6 is 0 Å². The van der Waals surface area contributed by atoms with Crippen LogP contribution in [0.25, 0.3) is 0 Å². The SMILES string of the molecule is CC(C(=O)c1ccccc1)N(C)C(=O)OC(C)(C)C. The normalized spacial score (nSPS) is 12.7. The Morgan fingerprint density at radius 2 is 1.68 bits per heavy atom. The van der Waals surface area contributed by atoms with Crippen molar-refractivity contribution in [3.8, 4) is 0 Å². The van der Waals surface area contributed by atoms with Crippen LogP contribution in [0, 0.1) is 0 Å². The predicted molar refractivity (Wildman–Crippen MR) is 74.2 cm³/mol. The topological polar surface area (TPSA) is 46.6 Å². The second-order valence-corrected chi connectivity index (χ2v) is 5.50. The van der Waals surface area contributed by atoms with E-state index in [1.165, 1.54) is 4.90 Å². The Kier molecular flexibility index (Phi) is 4.70. The number of ketones is 1. The van der Waals surface area contributed by atoms with Crippen LogP contribution in [0.5, 0.6) is 0 Å². The zero-order chi connectivity index (χ0) is 14.6. The van der Waals surface area contributed by atoms with E-state index in [0.29, 0.717) is 5.56 Å². The molecule has 0 fully saturated rings. The minimum atomic E-state index is -0.569. The smallest absolute Gasteiger partial charge is 0.410 e. The fraction of sp³-hybridized carbons (Fsp3) is 0.467. The third kappa shape index (κ3) is 4.39. The number of hydrogen-bond donors (Lipinski definition) is 0. The van der Waals surface area contributed by atoms with Gasteiger partial charge in [0.25, 0.3) is 0 Å². The lowest BCUT2D eigenvalue weighted by molar-refractivity contribution is 0.0231. The maximum Gasteiger partial charge on any atom is 0.410 e. The number of Topliss-reactive ketones (excluding diaryl/α,β-unsaturated/α-hetero) is 1. The van der Waals surface area contributed by atoms with E-state index in [1.807, 2.05) is 6.07 Å². The van der Waals surface area contributed by atoms with Crippen molar-refractivity contribution in [1.29, 1.82) is 0 Å². The summed E-state index contributed by atoms with van der Waals surface area (Å²) in [5.74, 6) is -0.103. The van der Waals surface area contributed by atoms with Gasteiger partial charge in [0.2, 0.25) is 0 Å². The van der Waals surface area contributed by atoms with Crippen molar-refractivity contribution in [3.05, 3.63) is 35.9 Å². The van der Waals surface area contributed by atoms with Crippen molar-refractivity contribution in [3.63, 3.8) is 0 Å². The highest BCUT2D eigenvalue weighted by Gasteiger charge is 2.27. The molecule has 0 spiro atoms. The van der Waals surface area contributed by atoms with Gasteiger partial charge in [-0.2, -0.15) is 0 Å². The summed E-state index contributed by atoms with van der Waals surface area (Å²) in [6.07, 6.45) is -0.496. The number of carbonyl (C=O) groups is 2. The first-order chi connectivity index (χ1) is 8.72. The molecule has 0 aliphatic carbocycles. The summed E-state index contributed by atoms with van der Waals surface area (Å²) in [7, 11) is 1.57. The molecule has 19 heavy (non-hydrogen) atoms. The summed E-state index contributed by atoms with van der Waals surface area (Å²) in [5.41, 5.74) is 0.0197. The standard InChI is InChI=1S/C15H21NO3/c1-11(13(17)12-9-7-6-8-10-12)16(5)14(18)19-15(2,3)4/h6-11H,1-5H3. The number of benzene rings is 1. The molecule has 1 atom stereocenters. The highest BCUT2D eigenvalue weighted by Crippen LogP contribution is 2.13. The van der Waals surface area contributed by atoms with E-state index in [1.54, 1.807) is 59.0 Å². The molecule has 1 amide bonds. The largest absolute Gasteiger partial charge is 0.444 e. The highest BCUT2D eigenvalue weighted by atomic mass is 16.6. The average molecular weight is 263 g/mol. The number of likely N-dealkylation sites (N-methyl/N-ethyl adjacent to an activating group) is 1. The van der Waals surface area contributed by atoms with E-state index in [4.69, 9.17) is 4.74 Å². The first-order valence-electron chi connectivity index (χ1n) is 6.27. The lowest BCUT2D eigenvalue weighted by atomic mass is 10.1. The quantitative estimate of drug-likeness (QED) is 0.787. The second-order valence-electron chi connectivity index (χ2n) is 5.50. The minimum Gasteiger partial charge on any atom is -0.444 e. The first kappa shape index (κ1) is 15.2. The Morgan fingerprint density at radius 3 is 2.16 bits per heavy atom. The third-order valence-corrected chi connectivity index (χ3v) is 2.70. The molecular formula is C15H21NO3. The van der Waals surface area contributed by atoms with Crippen molar-refractivity contribution < 1.29 is 14.3 Å². The van der Waals surface area contributed by atoms with Gasteiger partial charge in [-0.25, -0.2) is 4.79 Å². The first-order valence-corrected chi connectivity index (χ1v) is 6.27. The van der Waals surface area contributed by atoms with Gasteiger partial charge in [-0.3, -0.25) is 4.79 Å². The summed E-state index contributed by atoms with van der Waals surface area (Å²) >= 11 is 0. The van der Waals surface area contributed by atoms with E-state index in [-0.39, 0.29) is 5.78 Å². The summed E-state index contributed by atoms with van der Waals surface area (Å²) in [6.45, 7) is 7.08. The molecule has 0 aromatic heterocycles. The number of nitrogens with zero attached hydrogens (tertiary/aromatic N) is 1. The third-order valence-electron chi connectivity index (χ3n) is 2.70. The van der Waals surface area contributed by atoms with Gasteiger partial charge in [-0.15, -0.1) is 0 Å². The molecule has 1 aromatic rings. The van der Waals surface area contributed by atoms with Crippen molar-refractivity contribution in [1.82, 2.24) is 4.90 Å². The maximum absolute atomic E-state index is 12.2. The molecule has 0 N–H and O–H groups in total. The van der Waals surface area contributed by atoms with E-state index in [9.17, 15) is 9.59 Å². The number of hydrogen-bond acceptors (Lipinski definition) is 3. The van der Waals surface area contributed by atoms with Crippen molar-refractivity contribution in [2.24, 2.45) is 0 Å². The summed E-state index contributed by atoms with van der Waals surface area (Å²) < 4.78 is 5.24. The van der Waals surface area contributed by atoms with Crippen LogP contribution < -0.4 is 0 Å². The van der Waals surface area contributed by atoms with Crippen LogP contribution in [0.4, 0.5) is 4.79 Å². The van der Waals surface area contributed by atoms with Crippen LogP contribution in [0.2, 0.25) is 0 Å². The molecule has 0 aliphatic heterocycles. The number of ether oxygens (including phenoxy) is 1. The predicted octanol–water partition coefficient (Wildman–Crippen LogP) is 3.12. The Morgan fingerprint density at radius 1 is 1.16 bits per heavy atom. The van der Waals surface area contributed by atoms with Crippen molar-refractivity contribution >= 4 is 11.9 Å². The van der Waals surface area contributed by atoms with Crippen LogP contribution in [0.3, 0.4) is 0 Å². The van der Waals surface area contributed by atoms with Gasteiger partial charge in [0.1, 0.15) is 5.60 Å². The average Bonchev–Trinajstić information content (AvgIpc) is 2.35. The molecule has 1 aromatic carbocycles. The lowest BCUT2D eigenvalue weighted by Gasteiger charge is -2.28. The fourth-order valence-electron chi connectivity index (χ4n) is 1.51. The van der Waals surface area contributed by atoms with E-state index in [2.05, 4.69) is 0 Å². The fourth-order valence-corrected chi connectivity index (χ4v) is 1.51. The Labute approximate surface area is 114 Å². The molecule has 0 saturated heterocycles. The maximum atomic E-state index is 12.2. The van der Waals surface area contributed by atoms with Gasteiger partial charge in [0, 0.05) is 12.6 Å². The van der Waals surface area contributed by atoms with Gasteiger partial charge in [0.15, 0.2) is 5.78 Å². The molecular weight excluding hydrogens is 242 g/mol. The minimum absolute atomic E-state index is 0.103. The molecule has 0 bridgehead atoms. The molecule has 1 rings (SSSR count). The van der Waals surface area contributed by atoms with E-state index < -0.39 is 17.7 Å². The Balaban J connectivity index is 2.75. The van der Waals surface area contributed by atoms with Gasteiger partial charge in [-0.05, 0) is 27.7 Å². The molecule has 4 heteroatoms. The number of rotatable bonds is 3. The molecule has 0 aliphatic rings. The summed E-state index contributed by atoms with van der Waals surface area (Å²) in [5, 5.41) is 0. The van der Waals surface area contributed by atoms with Gasteiger partial charge in [0.05, 0.1) is 6.04 Å². The zero-order valence-electron chi connectivity index (χ0n) is 12.1. The highest BCUT2D eigenvalue weighted by molar-refractivity contribution is 6.01. The molecule has 0 saturated carbocycles. The second kappa shape index (κ2) is 5.87.